The second-order valence-electron chi connectivity index (χ2n) is 10.8. The van der Waals surface area contributed by atoms with Crippen LogP contribution in [0.4, 0.5) is 19.0 Å². The number of rotatable bonds is 12. The molecule has 2 aromatic heterocycles. The molecule has 3 heterocycles. The number of hydrogen-bond acceptors (Lipinski definition) is 7. The Labute approximate surface area is 258 Å². The van der Waals surface area contributed by atoms with Gasteiger partial charge in [-0.2, -0.15) is 13.2 Å². The average Bonchev–Trinajstić information content (AvgIpc) is 3.00. The molecular weight excluding hydrogens is 597 g/mol. The minimum atomic E-state index is -4.55. The van der Waals surface area contributed by atoms with Crippen LogP contribution in [0.1, 0.15) is 54.2 Å². The highest BCUT2D eigenvalue weighted by atomic mass is 35.5. The molecule has 0 spiro atoms. The largest absolute Gasteiger partial charge is 0.419 e. The van der Waals surface area contributed by atoms with Crippen molar-refractivity contribution in [1.82, 2.24) is 25.9 Å². The number of amides is 3. The van der Waals surface area contributed by atoms with Crippen LogP contribution in [0.5, 0.6) is 0 Å². The van der Waals surface area contributed by atoms with E-state index < -0.39 is 17.6 Å². The molecule has 234 valence electrons. The molecule has 0 saturated carbocycles. The van der Waals surface area contributed by atoms with Gasteiger partial charge in [-0.05, 0) is 74.0 Å². The van der Waals surface area contributed by atoms with Crippen LogP contribution < -0.4 is 20.9 Å². The van der Waals surface area contributed by atoms with E-state index in [-0.39, 0.29) is 29.9 Å². The molecule has 13 heteroatoms. The number of carbonyl (C=O) groups is 3. The Morgan fingerprint density at radius 2 is 1.86 bits per heavy atom. The number of carbonyl (C=O) groups excluding carboxylic acids is 3. The zero-order valence-electron chi connectivity index (χ0n) is 24.2. The van der Waals surface area contributed by atoms with Gasteiger partial charge < -0.3 is 15.5 Å². The second-order valence-corrected chi connectivity index (χ2v) is 11.3. The van der Waals surface area contributed by atoms with Crippen molar-refractivity contribution >= 4 is 35.6 Å². The number of benzene rings is 1. The summed E-state index contributed by atoms with van der Waals surface area (Å²) in [5.41, 5.74) is 1.31. The fourth-order valence-electron chi connectivity index (χ4n) is 5.03. The number of imide groups is 1. The lowest BCUT2D eigenvalue weighted by Crippen LogP contribution is -2.38. The zero-order valence-corrected chi connectivity index (χ0v) is 24.9. The Bertz CT molecular complexity index is 1450. The van der Waals surface area contributed by atoms with Crippen LogP contribution in [-0.4, -0.2) is 53.9 Å². The molecule has 1 aromatic carbocycles. The number of pyridine rings is 2. The maximum Gasteiger partial charge on any atom is 0.419 e. The topological polar surface area (TPSA) is 116 Å². The van der Waals surface area contributed by atoms with Crippen LogP contribution >= 0.6 is 11.6 Å². The van der Waals surface area contributed by atoms with Gasteiger partial charge in [0.25, 0.3) is 5.91 Å². The van der Waals surface area contributed by atoms with Crippen molar-refractivity contribution in [3.63, 3.8) is 0 Å². The standard InChI is InChI=1S/C31H34ClF3N6O3/c1-20(5-8-28(43)39-19-42)40-30(44)27-7-6-22(17-37-27)16-36-15-21-9-11-41(12-10-21)29-26(31(33,34)35)14-24(18-38-29)23-3-2-4-25(32)13-23/h2-4,6-7,13-14,17-21,36H,5,8-12,15-16H2,1H3,(H,40,44)(H,39,42,43). The summed E-state index contributed by atoms with van der Waals surface area (Å²) < 4.78 is 42.1. The Morgan fingerprint density at radius 3 is 2.52 bits per heavy atom. The first-order valence-corrected chi connectivity index (χ1v) is 14.7. The molecular formula is C31H34ClF3N6O3. The highest BCUT2D eigenvalue weighted by molar-refractivity contribution is 6.30. The molecule has 1 atom stereocenters. The van der Waals surface area contributed by atoms with Crippen LogP contribution in [0.25, 0.3) is 11.1 Å². The predicted octanol–water partition coefficient (Wildman–Crippen LogP) is 4.99. The summed E-state index contributed by atoms with van der Waals surface area (Å²) in [5.74, 6) is -0.529. The third-order valence-corrected chi connectivity index (χ3v) is 7.70. The predicted molar refractivity (Wildman–Crippen MR) is 161 cm³/mol. The Hall–Kier alpha value is -4.03. The average molecular weight is 631 g/mol. The Morgan fingerprint density at radius 1 is 1.09 bits per heavy atom. The van der Waals surface area contributed by atoms with Gasteiger partial charge in [0.1, 0.15) is 11.5 Å². The van der Waals surface area contributed by atoms with Crippen LogP contribution in [0, 0.1) is 5.92 Å². The molecule has 3 amide bonds. The van der Waals surface area contributed by atoms with Crippen molar-refractivity contribution < 1.29 is 27.6 Å². The zero-order chi connectivity index (χ0) is 31.7. The Kier molecular flexibility index (Phi) is 11.3. The van der Waals surface area contributed by atoms with Crippen molar-refractivity contribution in [2.45, 2.75) is 51.4 Å². The van der Waals surface area contributed by atoms with E-state index in [0.29, 0.717) is 73.9 Å². The first kappa shape index (κ1) is 32.9. The number of alkyl halides is 3. The maximum atomic E-state index is 14.0. The number of nitrogens with one attached hydrogen (secondary N) is 3. The first-order valence-electron chi connectivity index (χ1n) is 14.3. The van der Waals surface area contributed by atoms with Gasteiger partial charge >= 0.3 is 6.18 Å². The van der Waals surface area contributed by atoms with Crippen LogP contribution in [0.2, 0.25) is 5.02 Å². The van der Waals surface area contributed by atoms with E-state index in [4.69, 9.17) is 11.6 Å². The summed E-state index contributed by atoms with van der Waals surface area (Å²) in [6, 6.07) is 11.0. The van der Waals surface area contributed by atoms with Crippen molar-refractivity contribution in [3.05, 3.63) is 76.7 Å². The molecule has 1 aliphatic rings. The Balaban J connectivity index is 1.24. The molecule has 0 bridgehead atoms. The molecule has 1 unspecified atom stereocenters. The molecule has 1 aliphatic heterocycles. The van der Waals surface area contributed by atoms with Crippen LogP contribution in [-0.2, 0) is 22.3 Å². The van der Waals surface area contributed by atoms with E-state index in [1.54, 1.807) is 54.4 Å². The first-order chi connectivity index (χ1) is 21.0. The SMILES string of the molecule is CC(CCC(=O)NC=O)NC(=O)c1ccc(CNCC2CCN(c3ncc(-c4cccc(Cl)c4)cc3C(F)(F)F)CC2)cn1. The third-order valence-electron chi connectivity index (χ3n) is 7.47. The van der Waals surface area contributed by atoms with Crippen LogP contribution in [0.3, 0.4) is 0 Å². The molecule has 0 radical (unpaired) electrons. The summed E-state index contributed by atoms with van der Waals surface area (Å²) in [5, 5.41) is 8.66. The smallest absolute Gasteiger partial charge is 0.356 e. The minimum Gasteiger partial charge on any atom is -0.356 e. The molecule has 1 fully saturated rings. The number of piperidine rings is 1. The molecule has 44 heavy (non-hydrogen) atoms. The third kappa shape index (κ3) is 9.23. The van der Waals surface area contributed by atoms with Gasteiger partial charge in [-0.15, -0.1) is 0 Å². The van der Waals surface area contributed by atoms with Crippen molar-refractivity contribution in [2.75, 3.05) is 24.5 Å². The normalized spacial score (nSPS) is 14.6. The number of aromatic nitrogens is 2. The lowest BCUT2D eigenvalue weighted by atomic mass is 9.96. The van der Waals surface area contributed by atoms with E-state index in [1.165, 1.54) is 6.20 Å². The molecule has 4 rings (SSSR count). The number of anilines is 1. The second kappa shape index (κ2) is 15.1. The molecule has 9 nitrogen and oxygen atoms in total. The van der Waals surface area contributed by atoms with E-state index in [9.17, 15) is 27.6 Å². The molecule has 3 aromatic rings. The molecule has 0 aliphatic carbocycles. The quantitative estimate of drug-likeness (QED) is 0.241. The van der Waals surface area contributed by atoms with Gasteiger partial charge in [0.2, 0.25) is 12.3 Å². The summed E-state index contributed by atoms with van der Waals surface area (Å²) in [6.45, 7) is 3.91. The van der Waals surface area contributed by atoms with Crippen molar-refractivity contribution in [3.8, 4) is 11.1 Å². The summed E-state index contributed by atoms with van der Waals surface area (Å²) >= 11 is 6.03. The van der Waals surface area contributed by atoms with E-state index in [1.807, 2.05) is 0 Å². The monoisotopic (exact) mass is 630 g/mol. The lowest BCUT2D eigenvalue weighted by molar-refractivity contribution is -0.137. The van der Waals surface area contributed by atoms with Crippen molar-refractivity contribution in [1.29, 1.82) is 0 Å². The number of halogens is 4. The van der Waals surface area contributed by atoms with Crippen molar-refractivity contribution in [2.24, 2.45) is 5.92 Å². The van der Waals surface area contributed by atoms with E-state index in [0.717, 1.165) is 11.6 Å². The lowest BCUT2D eigenvalue weighted by Gasteiger charge is -2.34. The number of nitrogens with zero attached hydrogens (tertiary/aromatic N) is 3. The summed E-state index contributed by atoms with van der Waals surface area (Å²) in [6.07, 6.45) is 0.780. The highest BCUT2D eigenvalue weighted by Gasteiger charge is 2.37. The van der Waals surface area contributed by atoms with E-state index in [2.05, 4.69) is 25.9 Å². The highest BCUT2D eigenvalue weighted by Crippen LogP contribution is 2.39. The maximum absolute atomic E-state index is 14.0. The fraction of sp³-hybridized carbons (Fsp3) is 0.387. The fourth-order valence-corrected chi connectivity index (χ4v) is 5.22. The minimum absolute atomic E-state index is 0.0531. The molecule has 1 saturated heterocycles. The van der Waals surface area contributed by atoms with Gasteiger partial charge in [0.15, 0.2) is 0 Å². The summed E-state index contributed by atoms with van der Waals surface area (Å²) in [4.78, 5) is 44.3. The van der Waals surface area contributed by atoms with Gasteiger partial charge in [-0.1, -0.05) is 29.8 Å². The van der Waals surface area contributed by atoms with Gasteiger partial charge in [0, 0.05) is 55.1 Å². The van der Waals surface area contributed by atoms with Crippen LogP contribution in [0.15, 0.2) is 54.9 Å². The van der Waals surface area contributed by atoms with Gasteiger partial charge in [-0.3, -0.25) is 24.7 Å². The number of hydrogen-bond donors (Lipinski definition) is 3. The van der Waals surface area contributed by atoms with Gasteiger partial charge in [0.05, 0.1) is 5.56 Å². The van der Waals surface area contributed by atoms with Gasteiger partial charge in [-0.25, -0.2) is 4.98 Å². The summed E-state index contributed by atoms with van der Waals surface area (Å²) in [7, 11) is 0. The van der Waals surface area contributed by atoms with E-state index >= 15 is 0 Å². The molecule has 3 N–H and O–H groups in total.